The zero-order valence-corrected chi connectivity index (χ0v) is 29.4. The fourth-order valence-electron chi connectivity index (χ4n) is 5.79. The number of imide groups is 1. The Balaban J connectivity index is 1.22. The van der Waals surface area contributed by atoms with Gasteiger partial charge in [0, 0.05) is 76.3 Å². The molecule has 0 aromatic heterocycles. The Hall–Kier alpha value is -5.35. The lowest BCUT2D eigenvalue weighted by Crippen LogP contribution is -2.39. The van der Waals surface area contributed by atoms with Crippen molar-refractivity contribution in [3.8, 4) is 0 Å². The molecule has 5 N–H and O–H groups in total. The van der Waals surface area contributed by atoms with E-state index in [0.717, 1.165) is 5.56 Å². The highest BCUT2D eigenvalue weighted by molar-refractivity contribution is 6.01. The molecule has 2 fully saturated rings. The highest BCUT2D eigenvalue weighted by Gasteiger charge is 2.37. The third-order valence-corrected chi connectivity index (χ3v) is 8.70. The number of aliphatic carboxylic acids is 1. The number of amides is 7. The van der Waals surface area contributed by atoms with Gasteiger partial charge in [0.15, 0.2) is 0 Å². The van der Waals surface area contributed by atoms with Crippen molar-refractivity contribution in [3.63, 3.8) is 0 Å². The van der Waals surface area contributed by atoms with Gasteiger partial charge in [0.05, 0.1) is 5.92 Å². The number of nitrogens with one attached hydrogen (secondary N) is 4. The first kappa shape index (κ1) is 41.1. The van der Waals surface area contributed by atoms with Crippen LogP contribution in [0.2, 0.25) is 0 Å². The molecule has 1 aromatic rings. The van der Waals surface area contributed by atoms with Gasteiger partial charge in [-0.2, -0.15) is 0 Å². The van der Waals surface area contributed by atoms with Crippen LogP contribution < -0.4 is 21.3 Å². The molecule has 7 amide bonds. The van der Waals surface area contributed by atoms with Crippen LogP contribution in [0.5, 0.6) is 0 Å². The first-order valence-electron chi connectivity index (χ1n) is 17.6. The number of hydrogen-bond acceptors (Lipinski definition) is 10. The number of unbranched alkanes of at least 4 members (excludes halogenated alkanes) is 1. The van der Waals surface area contributed by atoms with Gasteiger partial charge in [0.2, 0.25) is 23.6 Å². The zero-order valence-electron chi connectivity index (χ0n) is 29.4. The molecule has 1 saturated carbocycles. The molecule has 17 nitrogen and oxygen atoms in total. The van der Waals surface area contributed by atoms with E-state index >= 15 is 0 Å². The molecule has 52 heavy (non-hydrogen) atoms. The molecular weight excluding hydrogens is 680 g/mol. The number of carboxylic acids is 1. The summed E-state index contributed by atoms with van der Waals surface area (Å²) in [6, 6.07) is 7.17. The minimum Gasteiger partial charge on any atom is -0.480 e. The lowest BCUT2D eigenvalue weighted by Gasteiger charge is -2.27. The predicted molar refractivity (Wildman–Crippen MR) is 182 cm³/mol. The van der Waals surface area contributed by atoms with Crippen LogP contribution in [0.1, 0.15) is 86.6 Å². The maximum Gasteiger partial charge on any atom is 0.336 e. The van der Waals surface area contributed by atoms with Crippen molar-refractivity contribution < 1.29 is 53.1 Å². The summed E-state index contributed by atoms with van der Waals surface area (Å²) >= 11 is 0. The van der Waals surface area contributed by atoms with Crippen LogP contribution in [0.4, 0.5) is 0 Å². The summed E-state index contributed by atoms with van der Waals surface area (Å²) in [5.74, 6) is -5.48. The number of hydroxylamine groups is 2. The normalized spacial score (nSPS) is 16.8. The minimum atomic E-state index is -1.17. The summed E-state index contributed by atoms with van der Waals surface area (Å²) < 4.78 is 0. The van der Waals surface area contributed by atoms with Gasteiger partial charge in [-0.05, 0) is 57.6 Å². The van der Waals surface area contributed by atoms with Crippen molar-refractivity contribution in [2.45, 2.75) is 77.6 Å². The summed E-state index contributed by atoms with van der Waals surface area (Å²) in [5.41, 5.74) is 1.51. The van der Waals surface area contributed by atoms with Gasteiger partial charge < -0.3 is 36.1 Å². The fraction of sp³-hybridized carbons (Fsp3) is 0.571. The van der Waals surface area contributed by atoms with Crippen LogP contribution in [0.15, 0.2) is 24.3 Å². The molecule has 0 atom stereocenters. The second kappa shape index (κ2) is 21.1. The molecule has 0 radical (unpaired) electrons. The monoisotopic (exact) mass is 728 g/mol. The smallest absolute Gasteiger partial charge is 0.336 e. The van der Waals surface area contributed by atoms with Crippen molar-refractivity contribution in [2.24, 2.45) is 11.8 Å². The van der Waals surface area contributed by atoms with Crippen LogP contribution in [-0.2, 0) is 43.2 Å². The molecule has 1 heterocycles. The highest BCUT2D eigenvalue weighted by atomic mass is 16.7. The average Bonchev–Trinajstić information content (AvgIpc) is 3.42. The molecule has 1 aliphatic heterocycles. The molecule has 0 spiro atoms. The van der Waals surface area contributed by atoms with E-state index in [9.17, 15) is 48.3 Å². The maximum atomic E-state index is 12.6. The van der Waals surface area contributed by atoms with Gasteiger partial charge in [-0.3, -0.25) is 38.4 Å². The molecule has 2 aliphatic rings. The summed E-state index contributed by atoms with van der Waals surface area (Å²) in [6.45, 7) is 2.04. The van der Waals surface area contributed by atoms with Gasteiger partial charge in [-0.15, -0.1) is 5.06 Å². The SMILES string of the molecule is Cc1cccc(C(=O)NCCCCN(CC(=O)O)C(=O)CCNC(=O)CCNC(=O)CCNC(=O)C2CCC(C(=O)ON3C(=O)CCC3=O)CC2)c1. The number of carboxylic acid groups (broad SMARTS) is 1. The Morgan fingerprint density at radius 1 is 0.788 bits per heavy atom. The first-order valence-corrected chi connectivity index (χ1v) is 17.6. The lowest BCUT2D eigenvalue weighted by atomic mass is 9.81. The number of hydrogen-bond donors (Lipinski definition) is 5. The maximum absolute atomic E-state index is 12.6. The van der Waals surface area contributed by atoms with Crippen LogP contribution in [0.25, 0.3) is 0 Å². The van der Waals surface area contributed by atoms with Crippen molar-refractivity contribution in [1.29, 1.82) is 0 Å². The molecule has 1 aliphatic carbocycles. The highest BCUT2D eigenvalue weighted by Crippen LogP contribution is 2.30. The van der Waals surface area contributed by atoms with Crippen molar-refractivity contribution in [1.82, 2.24) is 31.2 Å². The third kappa shape index (κ3) is 14.1. The molecular formula is C35H48N6O11. The second-order valence-electron chi connectivity index (χ2n) is 12.8. The minimum absolute atomic E-state index is 0.0109. The Morgan fingerprint density at radius 3 is 2.00 bits per heavy atom. The van der Waals surface area contributed by atoms with Crippen LogP contribution in [0.3, 0.4) is 0 Å². The van der Waals surface area contributed by atoms with Crippen LogP contribution in [-0.4, -0.2) is 108 Å². The fourth-order valence-corrected chi connectivity index (χ4v) is 5.79. The van der Waals surface area contributed by atoms with E-state index in [0.29, 0.717) is 55.7 Å². The number of nitrogens with zero attached hydrogens (tertiary/aromatic N) is 2. The second-order valence-corrected chi connectivity index (χ2v) is 12.8. The Labute approximate surface area is 301 Å². The molecule has 3 rings (SSSR count). The third-order valence-electron chi connectivity index (χ3n) is 8.70. The molecule has 284 valence electrons. The predicted octanol–water partition coefficient (Wildman–Crippen LogP) is 0.351. The Bertz CT molecular complexity index is 1480. The summed E-state index contributed by atoms with van der Waals surface area (Å²) in [4.78, 5) is 115. The quantitative estimate of drug-likeness (QED) is 0.0907. The summed E-state index contributed by atoms with van der Waals surface area (Å²) in [7, 11) is 0. The molecule has 17 heteroatoms. The molecule has 0 unspecified atom stereocenters. The van der Waals surface area contributed by atoms with E-state index in [-0.39, 0.29) is 81.9 Å². The lowest BCUT2D eigenvalue weighted by molar-refractivity contribution is -0.201. The number of carbonyl (C=O) groups excluding carboxylic acids is 8. The molecule has 1 aromatic carbocycles. The summed E-state index contributed by atoms with van der Waals surface area (Å²) in [6.07, 6.45) is 2.40. The van der Waals surface area contributed by atoms with E-state index in [1.165, 1.54) is 4.90 Å². The number of rotatable bonds is 20. The Morgan fingerprint density at radius 2 is 1.38 bits per heavy atom. The largest absolute Gasteiger partial charge is 0.480 e. The van der Waals surface area contributed by atoms with Gasteiger partial charge in [0.1, 0.15) is 6.54 Å². The standard InChI is InChI=1S/C35H48N6O11/c1-23-5-4-6-26(21-23)34(50)38-16-2-3-20-40(22-32(47)48)29(44)15-19-37-27(42)13-17-36-28(43)14-18-39-33(49)24-7-9-25(10-8-24)35(51)52-41-30(45)11-12-31(41)46/h4-6,21,24-25H,2-3,7-20,22H2,1H3,(H,36,43)(H,37,42)(H,38,50)(H,39,49)(H,47,48). The average molecular weight is 729 g/mol. The van der Waals surface area contributed by atoms with Crippen molar-refractivity contribution in [3.05, 3.63) is 35.4 Å². The number of benzene rings is 1. The van der Waals surface area contributed by atoms with E-state index in [2.05, 4.69) is 21.3 Å². The van der Waals surface area contributed by atoms with E-state index in [1.54, 1.807) is 18.2 Å². The summed E-state index contributed by atoms with van der Waals surface area (Å²) in [5, 5.41) is 20.4. The molecule has 0 bridgehead atoms. The van der Waals surface area contributed by atoms with Gasteiger partial charge in [0.25, 0.3) is 17.7 Å². The number of aryl methyl sites for hydroxylation is 1. The van der Waals surface area contributed by atoms with Crippen molar-refractivity contribution in [2.75, 3.05) is 39.3 Å². The van der Waals surface area contributed by atoms with Crippen LogP contribution >= 0.6 is 0 Å². The Kier molecular flexibility index (Phi) is 16.7. The van der Waals surface area contributed by atoms with Crippen molar-refractivity contribution >= 4 is 53.3 Å². The topological polar surface area (TPSA) is 238 Å². The zero-order chi connectivity index (χ0) is 38.0. The van der Waals surface area contributed by atoms with Gasteiger partial charge in [-0.1, -0.05) is 17.7 Å². The van der Waals surface area contributed by atoms with E-state index < -0.39 is 48.0 Å². The van der Waals surface area contributed by atoms with Gasteiger partial charge >= 0.3 is 11.9 Å². The first-order chi connectivity index (χ1) is 24.8. The number of carbonyl (C=O) groups is 9. The molecule has 1 saturated heterocycles. The van der Waals surface area contributed by atoms with Crippen LogP contribution in [0, 0.1) is 18.8 Å². The van der Waals surface area contributed by atoms with E-state index in [1.807, 2.05) is 13.0 Å². The van der Waals surface area contributed by atoms with E-state index in [4.69, 9.17) is 4.84 Å². The van der Waals surface area contributed by atoms with Gasteiger partial charge in [-0.25, -0.2) is 4.79 Å².